The number of halogens is 1. The fourth-order valence-corrected chi connectivity index (χ4v) is 5.64. The van der Waals surface area contributed by atoms with Crippen molar-refractivity contribution in [2.45, 2.75) is 39.5 Å². The van der Waals surface area contributed by atoms with Crippen LogP contribution in [-0.4, -0.2) is 30.7 Å². The standard InChI is InChI=1S/C23H27ClN4O3S/c1-14-9-15(2)11-20(10-14)28(32(30,31)23-17(4)26-27(6)18(23)5)13-22(29)25-19-8-7-16(3)21(24)12-19/h7-12H,13H2,1-6H3,(H,25,29). The van der Waals surface area contributed by atoms with Gasteiger partial charge >= 0.3 is 0 Å². The molecule has 1 amide bonds. The number of aromatic nitrogens is 2. The fraction of sp³-hybridized carbons (Fsp3) is 0.304. The van der Waals surface area contributed by atoms with E-state index in [1.54, 1.807) is 51.2 Å². The van der Waals surface area contributed by atoms with Gasteiger partial charge in [-0.2, -0.15) is 5.10 Å². The van der Waals surface area contributed by atoms with Crippen molar-refractivity contribution in [2.75, 3.05) is 16.2 Å². The highest BCUT2D eigenvalue weighted by atomic mass is 35.5. The van der Waals surface area contributed by atoms with E-state index >= 15 is 0 Å². The Morgan fingerprint density at radius 3 is 2.22 bits per heavy atom. The largest absolute Gasteiger partial charge is 0.324 e. The van der Waals surface area contributed by atoms with E-state index in [0.717, 1.165) is 21.0 Å². The number of aryl methyl sites for hydroxylation is 5. The highest BCUT2D eigenvalue weighted by Gasteiger charge is 2.32. The Bertz CT molecular complexity index is 1280. The number of rotatable bonds is 6. The molecular weight excluding hydrogens is 448 g/mol. The minimum atomic E-state index is -4.07. The van der Waals surface area contributed by atoms with Crippen LogP contribution in [0.3, 0.4) is 0 Å². The summed E-state index contributed by atoms with van der Waals surface area (Å²) < 4.78 is 30.2. The summed E-state index contributed by atoms with van der Waals surface area (Å²) in [5.41, 5.74) is 4.47. The van der Waals surface area contributed by atoms with Gasteiger partial charge in [-0.3, -0.25) is 13.8 Å². The van der Waals surface area contributed by atoms with Crippen LogP contribution in [0.5, 0.6) is 0 Å². The highest BCUT2D eigenvalue weighted by Crippen LogP contribution is 2.29. The Kier molecular flexibility index (Phi) is 6.67. The van der Waals surface area contributed by atoms with Crippen molar-refractivity contribution in [3.8, 4) is 0 Å². The number of hydrogen-bond donors (Lipinski definition) is 1. The predicted molar refractivity (Wildman–Crippen MR) is 128 cm³/mol. The van der Waals surface area contributed by atoms with E-state index in [1.807, 2.05) is 26.8 Å². The van der Waals surface area contributed by atoms with E-state index in [0.29, 0.717) is 27.8 Å². The van der Waals surface area contributed by atoms with Gasteiger partial charge in [-0.05, 0) is 75.6 Å². The molecule has 0 fully saturated rings. The van der Waals surface area contributed by atoms with Crippen LogP contribution < -0.4 is 9.62 Å². The van der Waals surface area contributed by atoms with Crippen molar-refractivity contribution in [1.82, 2.24) is 9.78 Å². The molecule has 0 spiro atoms. The van der Waals surface area contributed by atoms with Gasteiger partial charge in [-0.25, -0.2) is 8.42 Å². The third kappa shape index (κ3) is 4.81. The molecule has 0 unspecified atom stereocenters. The second kappa shape index (κ2) is 8.96. The zero-order valence-corrected chi connectivity index (χ0v) is 20.6. The van der Waals surface area contributed by atoms with Crippen molar-refractivity contribution in [2.24, 2.45) is 7.05 Å². The van der Waals surface area contributed by atoms with Crippen molar-refractivity contribution >= 4 is 38.9 Å². The monoisotopic (exact) mass is 474 g/mol. The lowest BCUT2D eigenvalue weighted by Crippen LogP contribution is -2.38. The lowest BCUT2D eigenvalue weighted by Gasteiger charge is -2.25. The number of nitrogens with zero attached hydrogens (tertiary/aromatic N) is 3. The van der Waals surface area contributed by atoms with E-state index < -0.39 is 22.5 Å². The molecule has 0 radical (unpaired) electrons. The Morgan fingerprint density at radius 2 is 1.69 bits per heavy atom. The summed E-state index contributed by atoms with van der Waals surface area (Å²) in [7, 11) is -2.38. The first-order valence-electron chi connectivity index (χ1n) is 10.1. The van der Waals surface area contributed by atoms with Crippen molar-refractivity contribution in [1.29, 1.82) is 0 Å². The van der Waals surface area contributed by atoms with Crippen LogP contribution in [0.4, 0.5) is 11.4 Å². The molecule has 0 aliphatic carbocycles. The Balaban J connectivity index is 2.04. The first-order chi connectivity index (χ1) is 14.9. The minimum Gasteiger partial charge on any atom is -0.324 e. The van der Waals surface area contributed by atoms with E-state index in [-0.39, 0.29) is 4.90 Å². The van der Waals surface area contributed by atoms with Gasteiger partial charge in [-0.15, -0.1) is 0 Å². The first kappa shape index (κ1) is 23.8. The number of carbonyl (C=O) groups excluding carboxylic acids is 1. The average molecular weight is 475 g/mol. The van der Waals surface area contributed by atoms with Gasteiger partial charge in [0, 0.05) is 17.8 Å². The quantitative estimate of drug-likeness (QED) is 0.572. The van der Waals surface area contributed by atoms with E-state index in [2.05, 4.69) is 10.4 Å². The highest BCUT2D eigenvalue weighted by molar-refractivity contribution is 7.93. The third-order valence-electron chi connectivity index (χ3n) is 5.23. The summed E-state index contributed by atoms with van der Waals surface area (Å²) in [6.45, 7) is 8.58. The molecule has 1 N–H and O–H groups in total. The predicted octanol–water partition coefficient (Wildman–Crippen LogP) is 4.45. The van der Waals surface area contributed by atoms with Gasteiger partial charge in [0.2, 0.25) is 5.91 Å². The summed E-state index contributed by atoms with van der Waals surface area (Å²) in [5.74, 6) is -0.480. The molecule has 9 heteroatoms. The topological polar surface area (TPSA) is 84.3 Å². The van der Waals surface area contributed by atoms with E-state index in [9.17, 15) is 13.2 Å². The molecule has 0 bridgehead atoms. The van der Waals surface area contributed by atoms with Gasteiger partial charge in [0.05, 0.1) is 17.1 Å². The lowest BCUT2D eigenvalue weighted by molar-refractivity contribution is -0.114. The van der Waals surface area contributed by atoms with Crippen LogP contribution in [0.2, 0.25) is 5.02 Å². The third-order valence-corrected chi connectivity index (χ3v) is 7.66. The fourth-order valence-electron chi connectivity index (χ4n) is 3.65. The first-order valence-corrected chi connectivity index (χ1v) is 11.9. The van der Waals surface area contributed by atoms with Crippen LogP contribution in [0.15, 0.2) is 41.3 Å². The Hall–Kier alpha value is -2.84. The number of nitrogens with one attached hydrogen (secondary N) is 1. The van der Waals surface area contributed by atoms with Gasteiger partial charge in [0.1, 0.15) is 11.4 Å². The summed E-state index contributed by atoms with van der Waals surface area (Å²) >= 11 is 6.16. The zero-order chi connectivity index (χ0) is 23.8. The SMILES string of the molecule is Cc1cc(C)cc(N(CC(=O)Nc2ccc(C)c(Cl)c2)S(=O)(=O)c2c(C)nn(C)c2C)c1. The molecule has 0 saturated heterocycles. The van der Waals surface area contributed by atoms with Crippen LogP contribution in [0.25, 0.3) is 0 Å². The van der Waals surface area contributed by atoms with Gasteiger partial charge in [0.15, 0.2) is 0 Å². The summed E-state index contributed by atoms with van der Waals surface area (Å²) in [6.07, 6.45) is 0. The summed E-state index contributed by atoms with van der Waals surface area (Å²) in [6, 6.07) is 10.6. The summed E-state index contributed by atoms with van der Waals surface area (Å²) in [5, 5.41) is 7.51. The van der Waals surface area contributed by atoms with Gasteiger partial charge in [-0.1, -0.05) is 23.7 Å². The van der Waals surface area contributed by atoms with Crippen molar-refractivity contribution in [3.63, 3.8) is 0 Å². The van der Waals surface area contributed by atoms with Crippen molar-refractivity contribution in [3.05, 3.63) is 69.5 Å². The number of hydrogen-bond acceptors (Lipinski definition) is 4. The number of amides is 1. The number of sulfonamides is 1. The second-order valence-electron chi connectivity index (χ2n) is 7.99. The van der Waals surface area contributed by atoms with Gasteiger partial charge in [0.25, 0.3) is 10.0 Å². The molecule has 170 valence electrons. The molecule has 0 atom stereocenters. The van der Waals surface area contributed by atoms with Crippen LogP contribution in [0.1, 0.15) is 28.1 Å². The maximum absolute atomic E-state index is 13.8. The maximum Gasteiger partial charge on any atom is 0.268 e. The molecule has 7 nitrogen and oxygen atoms in total. The molecule has 0 aliphatic rings. The van der Waals surface area contributed by atoms with Crippen LogP contribution >= 0.6 is 11.6 Å². The van der Waals surface area contributed by atoms with E-state index in [4.69, 9.17) is 11.6 Å². The second-order valence-corrected chi connectivity index (χ2v) is 10.2. The van der Waals surface area contributed by atoms with Crippen LogP contribution in [-0.2, 0) is 21.9 Å². The lowest BCUT2D eigenvalue weighted by atomic mass is 10.1. The summed E-state index contributed by atoms with van der Waals surface area (Å²) in [4.78, 5) is 13.0. The molecule has 0 saturated carbocycles. The Morgan fingerprint density at radius 1 is 1.06 bits per heavy atom. The zero-order valence-electron chi connectivity index (χ0n) is 19.0. The average Bonchev–Trinajstić information content (AvgIpc) is 2.94. The number of benzene rings is 2. The molecule has 0 aliphatic heterocycles. The minimum absolute atomic E-state index is 0.102. The number of anilines is 2. The van der Waals surface area contributed by atoms with Crippen LogP contribution in [0, 0.1) is 34.6 Å². The van der Waals surface area contributed by atoms with Crippen molar-refractivity contribution < 1.29 is 13.2 Å². The Labute approximate surface area is 194 Å². The van der Waals surface area contributed by atoms with E-state index in [1.165, 1.54) is 4.68 Å². The normalized spacial score (nSPS) is 11.5. The molecule has 32 heavy (non-hydrogen) atoms. The van der Waals surface area contributed by atoms with Gasteiger partial charge < -0.3 is 5.32 Å². The molecule has 3 aromatic rings. The maximum atomic E-state index is 13.8. The molecular formula is C23H27ClN4O3S. The molecule has 3 rings (SSSR count). The molecule has 1 heterocycles. The number of carbonyl (C=O) groups is 1. The molecule has 2 aromatic carbocycles. The molecule has 1 aromatic heterocycles. The smallest absolute Gasteiger partial charge is 0.268 e.